The quantitative estimate of drug-likeness (QED) is 0.603. The molecule has 0 bridgehead atoms. The molecule has 0 aromatic rings. The van der Waals surface area contributed by atoms with Crippen molar-refractivity contribution in [3.63, 3.8) is 0 Å². The van der Waals surface area contributed by atoms with Crippen LogP contribution in [0.15, 0.2) is 0 Å². The first-order valence-corrected chi connectivity index (χ1v) is 5.45. The Kier molecular flexibility index (Phi) is 1.99. The van der Waals surface area contributed by atoms with Crippen LogP contribution in [0.2, 0.25) is 0 Å². The van der Waals surface area contributed by atoms with Crippen molar-refractivity contribution in [1.82, 2.24) is 10.2 Å². The van der Waals surface area contributed by atoms with Crippen molar-refractivity contribution in [1.29, 1.82) is 0 Å². The van der Waals surface area contributed by atoms with Gasteiger partial charge in [-0.3, -0.25) is 4.79 Å². The number of carbonyl (C=O) groups excluding carboxylic acids is 1. The van der Waals surface area contributed by atoms with Crippen LogP contribution in [-0.4, -0.2) is 50.2 Å². The van der Waals surface area contributed by atoms with E-state index in [1.807, 2.05) is 4.90 Å². The van der Waals surface area contributed by atoms with Crippen molar-refractivity contribution in [3.8, 4) is 0 Å². The minimum Gasteiger partial charge on any atom is -0.378 e. The molecule has 1 amide bonds. The van der Waals surface area contributed by atoms with Crippen LogP contribution in [0, 0.1) is 17.8 Å². The molecule has 1 saturated carbocycles. The highest BCUT2D eigenvalue weighted by Crippen LogP contribution is 2.49. The van der Waals surface area contributed by atoms with Crippen LogP contribution in [0.1, 0.15) is 0 Å². The summed E-state index contributed by atoms with van der Waals surface area (Å²) in [5, 5.41) is 3.31. The van der Waals surface area contributed by atoms with Gasteiger partial charge in [0.05, 0.1) is 13.2 Å². The number of rotatable bonds is 1. The van der Waals surface area contributed by atoms with Gasteiger partial charge in [-0.15, -0.1) is 0 Å². The molecular weight excluding hydrogens is 180 g/mol. The van der Waals surface area contributed by atoms with Crippen LogP contribution >= 0.6 is 0 Å². The third-order valence-corrected chi connectivity index (χ3v) is 3.70. The smallest absolute Gasteiger partial charge is 0.226 e. The Morgan fingerprint density at radius 1 is 1.21 bits per heavy atom. The normalized spacial score (nSPS) is 40.9. The minimum absolute atomic E-state index is 0.342. The van der Waals surface area contributed by atoms with E-state index in [9.17, 15) is 4.79 Å². The lowest BCUT2D eigenvalue weighted by molar-refractivity contribution is -0.137. The second-order valence-corrected chi connectivity index (χ2v) is 4.45. The molecule has 3 aliphatic rings. The molecule has 0 aromatic heterocycles. The van der Waals surface area contributed by atoms with Gasteiger partial charge in [0.25, 0.3) is 0 Å². The zero-order chi connectivity index (χ0) is 9.54. The molecule has 78 valence electrons. The Balaban J connectivity index is 1.60. The summed E-state index contributed by atoms with van der Waals surface area (Å²) in [5.41, 5.74) is 0. The third-order valence-electron chi connectivity index (χ3n) is 3.70. The van der Waals surface area contributed by atoms with Gasteiger partial charge in [-0.2, -0.15) is 0 Å². The van der Waals surface area contributed by atoms with Crippen molar-refractivity contribution >= 4 is 5.91 Å². The van der Waals surface area contributed by atoms with Gasteiger partial charge in [0.15, 0.2) is 0 Å². The Bertz CT molecular complexity index is 237. The second kappa shape index (κ2) is 3.21. The Morgan fingerprint density at radius 3 is 2.50 bits per heavy atom. The number of hydrogen-bond donors (Lipinski definition) is 1. The van der Waals surface area contributed by atoms with Gasteiger partial charge >= 0.3 is 0 Å². The van der Waals surface area contributed by atoms with E-state index in [2.05, 4.69) is 5.32 Å². The number of ether oxygens (including phenoxy) is 1. The molecule has 3 fully saturated rings. The molecule has 0 radical (unpaired) electrons. The molecular formula is C10H16N2O2. The fraction of sp³-hybridized carbons (Fsp3) is 0.900. The molecule has 2 aliphatic heterocycles. The summed E-state index contributed by atoms with van der Waals surface area (Å²) >= 11 is 0. The summed E-state index contributed by atoms with van der Waals surface area (Å²) in [5.74, 6) is 2.01. The predicted octanol–water partition coefficient (Wildman–Crippen LogP) is -0.689. The van der Waals surface area contributed by atoms with Crippen molar-refractivity contribution in [2.75, 3.05) is 39.4 Å². The lowest BCUT2D eigenvalue weighted by Crippen LogP contribution is -2.42. The number of nitrogens with one attached hydrogen (secondary N) is 1. The number of fused-ring (bicyclic) bond motifs is 1. The summed E-state index contributed by atoms with van der Waals surface area (Å²) in [6.07, 6.45) is 0. The topological polar surface area (TPSA) is 41.6 Å². The Hall–Kier alpha value is -0.610. The SMILES string of the molecule is O=C(C1[C@H]2CNC[C@@H]12)N1CCOCC1. The van der Waals surface area contributed by atoms with Gasteiger partial charge in [0, 0.05) is 19.0 Å². The first-order valence-electron chi connectivity index (χ1n) is 5.45. The molecule has 0 spiro atoms. The number of amides is 1. The maximum Gasteiger partial charge on any atom is 0.226 e. The minimum atomic E-state index is 0.342. The summed E-state index contributed by atoms with van der Waals surface area (Å²) in [6.45, 7) is 5.11. The van der Waals surface area contributed by atoms with Crippen molar-refractivity contribution in [2.45, 2.75) is 0 Å². The monoisotopic (exact) mass is 196 g/mol. The van der Waals surface area contributed by atoms with Crippen molar-refractivity contribution in [2.24, 2.45) is 17.8 Å². The number of morpholine rings is 1. The highest BCUT2D eigenvalue weighted by Gasteiger charge is 2.57. The highest BCUT2D eigenvalue weighted by atomic mass is 16.5. The molecule has 3 rings (SSSR count). The van der Waals surface area contributed by atoms with Gasteiger partial charge in [-0.25, -0.2) is 0 Å². The average Bonchev–Trinajstić information content (AvgIpc) is 2.72. The Labute approximate surface area is 83.6 Å². The van der Waals surface area contributed by atoms with Crippen molar-refractivity contribution in [3.05, 3.63) is 0 Å². The lowest BCUT2D eigenvalue weighted by Gasteiger charge is -2.27. The van der Waals surface area contributed by atoms with Crippen LogP contribution in [0.25, 0.3) is 0 Å². The second-order valence-electron chi connectivity index (χ2n) is 4.45. The zero-order valence-corrected chi connectivity index (χ0v) is 8.24. The molecule has 3 atom stereocenters. The molecule has 2 heterocycles. The van der Waals surface area contributed by atoms with Gasteiger partial charge in [-0.1, -0.05) is 0 Å². The van der Waals surface area contributed by atoms with E-state index in [-0.39, 0.29) is 0 Å². The molecule has 0 aromatic carbocycles. The number of piperidine rings is 1. The van der Waals surface area contributed by atoms with Crippen LogP contribution in [0.5, 0.6) is 0 Å². The first-order chi connectivity index (χ1) is 6.88. The van der Waals surface area contributed by atoms with E-state index in [1.165, 1.54) is 0 Å². The van der Waals surface area contributed by atoms with E-state index < -0.39 is 0 Å². The molecule has 2 saturated heterocycles. The Morgan fingerprint density at radius 2 is 1.86 bits per heavy atom. The lowest BCUT2D eigenvalue weighted by atomic mass is 10.2. The maximum absolute atomic E-state index is 12.0. The first kappa shape index (κ1) is 8.68. The molecule has 4 heteroatoms. The fourth-order valence-corrected chi connectivity index (χ4v) is 2.78. The van der Waals surface area contributed by atoms with Crippen LogP contribution in [0.4, 0.5) is 0 Å². The standard InChI is InChI=1S/C10H16N2O2/c13-10(12-1-3-14-4-2-12)9-7-5-11-6-8(7)9/h7-9,11H,1-6H2/t7-,8+,9?. The molecule has 4 nitrogen and oxygen atoms in total. The fourth-order valence-electron chi connectivity index (χ4n) is 2.78. The molecule has 1 unspecified atom stereocenters. The predicted molar refractivity (Wildman–Crippen MR) is 50.7 cm³/mol. The highest BCUT2D eigenvalue weighted by molar-refractivity contribution is 5.82. The van der Waals surface area contributed by atoms with Gasteiger partial charge in [0.2, 0.25) is 5.91 Å². The maximum atomic E-state index is 12.0. The van der Waals surface area contributed by atoms with Crippen LogP contribution < -0.4 is 5.32 Å². The van der Waals surface area contributed by atoms with E-state index in [1.54, 1.807) is 0 Å². The summed E-state index contributed by atoms with van der Waals surface area (Å²) in [7, 11) is 0. The summed E-state index contributed by atoms with van der Waals surface area (Å²) in [4.78, 5) is 14.0. The average molecular weight is 196 g/mol. The van der Waals surface area contributed by atoms with Crippen molar-refractivity contribution < 1.29 is 9.53 Å². The molecule has 14 heavy (non-hydrogen) atoms. The largest absolute Gasteiger partial charge is 0.378 e. The summed E-state index contributed by atoms with van der Waals surface area (Å²) in [6, 6.07) is 0. The number of nitrogens with zero attached hydrogens (tertiary/aromatic N) is 1. The van der Waals surface area contributed by atoms with E-state index in [0.29, 0.717) is 36.9 Å². The van der Waals surface area contributed by atoms with E-state index in [4.69, 9.17) is 4.74 Å². The van der Waals surface area contributed by atoms with E-state index in [0.717, 1.165) is 26.2 Å². The van der Waals surface area contributed by atoms with Crippen LogP contribution in [0.3, 0.4) is 0 Å². The van der Waals surface area contributed by atoms with Gasteiger partial charge in [-0.05, 0) is 24.9 Å². The van der Waals surface area contributed by atoms with E-state index >= 15 is 0 Å². The van der Waals surface area contributed by atoms with Gasteiger partial charge < -0.3 is 15.0 Å². The van der Waals surface area contributed by atoms with Crippen LogP contribution in [-0.2, 0) is 9.53 Å². The molecule has 1 aliphatic carbocycles. The molecule has 1 N–H and O–H groups in total. The summed E-state index contributed by atoms with van der Waals surface area (Å²) < 4.78 is 5.24. The number of hydrogen-bond acceptors (Lipinski definition) is 3. The number of carbonyl (C=O) groups is 1. The van der Waals surface area contributed by atoms with Gasteiger partial charge in [0.1, 0.15) is 0 Å². The zero-order valence-electron chi connectivity index (χ0n) is 8.24. The third kappa shape index (κ3) is 1.25.